The standard InChI is InChI=1S/C3HF5NO/c4-2(5,1(9)10)3(6,7)8/h9H. The molecule has 10 heavy (non-hydrogen) atoms. The molecule has 0 unspecified atom stereocenters. The molecule has 7 heteroatoms. The number of halogens is 5. The maximum absolute atomic E-state index is 11.4. The Balaban J connectivity index is 4.57. The molecule has 0 rings (SSSR count). The average Bonchev–Trinajstić information content (AvgIpc) is 1.62. The average molecular weight is 162 g/mol. The van der Waals surface area contributed by atoms with Crippen LogP contribution in [0.4, 0.5) is 22.0 Å². The highest BCUT2D eigenvalue weighted by Gasteiger charge is 2.62. The Labute approximate surface area is 51.8 Å². The lowest BCUT2D eigenvalue weighted by molar-refractivity contribution is -0.268. The largest absolute Gasteiger partial charge is 0.463 e. The van der Waals surface area contributed by atoms with Gasteiger partial charge in [0.1, 0.15) is 0 Å². The fraction of sp³-hybridized carbons (Fsp3) is 0.667. The molecule has 1 N–H and O–H groups in total. The van der Waals surface area contributed by atoms with Crippen LogP contribution in [-0.2, 0) is 4.79 Å². The molecule has 0 aliphatic carbocycles. The number of rotatable bonds is 1. The van der Waals surface area contributed by atoms with Crippen LogP contribution in [0.3, 0.4) is 0 Å². The predicted molar refractivity (Wildman–Crippen MR) is 19.1 cm³/mol. The van der Waals surface area contributed by atoms with Gasteiger partial charge in [0.25, 0.3) is 0 Å². The second kappa shape index (κ2) is 2.06. The normalized spacial score (nSPS) is 13.3. The number of carbonyl (C=O) groups is 1. The maximum Gasteiger partial charge on any atom is 0.463 e. The molecule has 0 spiro atoms. The Morgan fingerprint density at radius 2 is 1.40 bits per heavy atom. The Kier molecular flexibility index (Phi) is 1.88. The van der Waals surface area contributed by atoms with Crippen LogP contribution in [0.25, 0.3) is 0 Å². The van der Waals surface area contributed by atoms with Crippen molar-refractivity contribution in [2.24, 2.45) is 0 Å². The summed E-state index contributed by atoms with van der Waals surface area (Å²) in [4.78, 5) is 9.31. The summed E-state index contributed by atoms with van der Waals surface area (Å²) in [5.74, 6) is -8.48. The van der Waals surface area contributed by atoms with Crippen LogP contribution in [-0.4, -0.2) is 18.0 Å². The van der Waals surface area contributed by atoms with Gasteiger partial charge in [0, 0.05) is 0 Å². The van der Waals surface area contributed by atoms with E-state index < -0.39 is 18.0 Å². The first-order chi connectivity index (χ1) is 4.19. The first-order valence-corrected chi connectivity index (χ1v) is 1.90. The highest BCUT2D eigenvalue weighted by atomic mass is 19.4. The van der Waals surface area contributed by atoms with Crippen molar-refractivity contribution < 1.29 is 26.7 Å². The van der Waals surface area contributed by atoms with Gasteiger partial charge in [-0.15, -0.1) is 0 Å². The van der Waals surface area contributed by atoms with Gasteiger partial charge in [-0.1, -0.05) is 0 Å². The van der Waals surface area contributed by atoms with Crippen LogP contribution in [0.1, 0.15) is 0 Å². The molecule has 0 aromatic carbocycles. The molecule has 0 fully saturated rings. The van der Waals surface area contributed by atoms with Crippen LogP contribution < -0.4 is 5.73 Å². The maximum atomic E-state index is 11.4. The van der Waals surface area contributed by atoms with E-state index in [0.717, 1.165) is 0 Å². The highest BCUT2D eigenvalue weighted by molar-refractivity contribution is 5.81. The van der Waals surface area contributed by atoms with Gasteiger partial charge < -0.3 is 0 Å². The molecule has 0 aromatic rings. The van der Waals surface area contributed by atoms with Crippen molar-refractivity contribution in [2.75, 3.05) is 0 Å². The Bertz CT molecular complexity index is 149. The molecular formula is C3HF5NO. The Morgan fingerprint density at radius 1 is 1.10 bits per heavy atom. The topological polar surface area (TPSA) is 40.9 Å². The van der Waals surface area contributed by atoms with E-state index in [1.165, 1.54) is 0 Å². The number of nitrogens with one attached hydrogen (secondary N) is 1. The van der Waals surface area contributed by atoms with Crippen molar-refractivity contribution in [3.05, 3.63) is 0 Å². The molecular weight excluding hydrogens is 161 g/mol. The zero-order valence-electron chi connectivity index (χ0n) is 4.30. The highest BCUT2D eigenvalue weighted by Crippen LogP contribution is 2.34. The van der Waals surface area contributed by atoms with E-state index in [1.807, 2.05) is 0 Å². The van der Waals surface area contributed by atoms with Gasteiger partial charge in [-0.3, -0.25) is 10.5 Å². The molecule has 0 saturated carbocycles. The molecule has 0 atom stereocenters. The van der Waals surface area contributed by atoms with Gasteiger partial charge in [0.2, 0.25) is 0 Å². The van der Waals surface area contributed by atoms with E-state index >= 15 is 0 Å². The minimum atomic E-state index is -5.95. The Hall–Kier alpha value is -0.880. The van der Waals surface area contributed by atoms with E-state index in [2.05, 4.69) is 0 Å². The predicted octanol–water partition coefficient (Wildman–Crippen LogP) is 0.994. The number of carbonyl (C=O) groups excluding carboxylic acids is 1. The lowest BCUT2D eigenvalue weighted by Gasteiger charge is -2.14. The molecule has 2 nitrogen and oxygen atoms in total. The summed E-state index contributed by atoms with van der Waals surface area (Å²) >= 11 is 0. The molecule has 0 aliphatic rings. The third-order valence-electron chi connectivity index (χ3n) is 0.641. The summed E-state index contributed by atoms with van der Waals surface area (Å²) in [7, 11) is 0. The lowest BCUT2D eigenvalue weighted by atomic mass is 10.3. The van der Waals surface area contributed by atoms with Crippen LogP contribution >= 0.6 is 0 Å². The van der Waals surface area contributed by atoms with E-state index in [-0.39, 0.29) is 0 Å². The van der Waals surface area contributed by atoms with Crippen LogP contribution in [0.5, 0.6) is 0 Å². The van der Waals surface area contributed by atoms with E-state index in [1.54, 1.807) is 0 Å². The van der Waals surface area contributed by atoms with Crippen molar-refractivity contribution >= 4 is 5.91 Å². The molecule has 0 heterocycles. The molecule has 1 amide bonds. The molecule has 0 aromatic heterocycles. The summed E-state index contributed by atoms with van der Waals surface area (Å²) in [6.45, 7) is 0. The SMILES string of the molecule is [NH]C(=O)C(F)(F)C(F)(F)F. The summed E-state index contributed by atoms with van der Waals surface area (Å²) < 4.78 is 55.8. The van der Waals surface area contributed by atoms with E-state index in [4.69, 9.17) is 5.73 Å². The monoisotopic (exact) mass is 162 g/mol. The van der Waals surface area contributed by atoms with Gasteiger partial charge in [-0.2, -0.15) is 22.0 Å². The molecule has 1 radical (unpaired) electrons. The Morgan fingerprint density at radius 3 is 1.40 bits per heavy atom. The van der Waals surface area contributed by atoms with Gasteiger partial charge in [-0.05, 0) is 0 Å². The minimum absolute atomic E-state index is 2.94. The number of hydrogen-bond donors (Lipinski definition) is 0. The zero-order valence-corrected chi connectivity index (χ0v) is 4.30. The first-order valence-electron chi connectivity index (χ1n) is 1.90. The van der Waals surface area contributed by atoms with Gasteiger partial charge >= 0.3 is 18.0 Å². The van der Waals surface area contributed by atoms with Crippen LogP contribution in [0, 0.1) is 0 Å². The van der Waals surface area contributed by atoms with Gasteiger partial charge in [0.15, 0.2) is 0 Å². The summed E-state index contributed by atoms with van der Waals surface area (Å²) in [6.07, 6.45) is -5.95. The zero-order chi connectivity index (χ0) is 8.58. The van der Waals surface area contributed by atoms with Crippen LogP contribution in [0.2, 0.25) is 0 Å². The first kappa shape index (κ1) is 9.12. The number of alkyl halides is 5. The third-order valence-corrected chi connectivity index (χ3v) is 0.641. The van der Waals surface area contributed by atoms with Crippen molar-refractivity contribution in [2.45, 2.75) is 12.1 Å². The second-order valence-corrected chi connectivity index (χ2v) is 1.40. The fourth-order valence-corrected chi connectivity index (χ4v) is 0.129. The fourth-order valence-electron chi connectivity index (χ4n) is 0.129. The number of amides is 1. The second-order valence-electron chi connectivity index (χ2n) is 1.40. The lowest BCUT2D eigenvalue weighted by Crippen LogP contribution is -2.44. The summed E-state index contributed by atoms with van der Waals surface area (Å²) in [5.41, 5.74) is 5.53. The summed E-state index contributed by atoms with van der Waals surface area (Å²) in [5, 5.41) is 0. The molecule has 0 aliphatic heterocycles. The van der Waals surface area contributed by atoms with Gasteiger partial charge in [-0.25, -0.2) is 0 Å². The summed E-state index contributed by atoms with van der Waals surface area (Å²) in [6, 6.07) is 0. The van der Waals surface area contributed by atoms with Crippen molar-refractivity contribution in [3.63, 3.8) is 0 Å². The van der Waals surface area contributed by atoms with E-state index in [9.17, 15) is 26.7 Å². The van der Waals surface area contributed by atoms with Crippen molar-refractivity contribution in [1.82, 2.24) is 5.73 Å². The van der Waals surface area contributed by atoms with Crippen molar-refractivity contribution in [3.8, 4) is 0 Å². The molecule has 59 valence electrons. The van der Waals surface area contributed by atoms with Gasteiger partial charge in [0.05, 0.1) is 0 Å². The van der Waals surface area contributed by atoms with Crippen LogP contribution in [0.15, 0.2) is 0 Å². The molecule has 0 saturated heterocycles. The van der Waals surface area contributed by atoms with Crippen molar-refractivity contribution in [1.29, 1.82) is 0 Å². The van der Waals surface area contributed by atoms with E-state index in [0.29, 0.717) is 0 Å². The minimum Gasteiger partial charge on any atom is -0.266 e. The third kappa shape index (κ3) is 1.34. The molecule has 0 bridgehead atoms. The quantitative estimate of drug-likeness (QED) is 0.530. The smallest absolute Gasteiger partial charge is 0.266 e. The number of hydrogen-bond acceptors (Lipinski definition) is 1.